The number of hydrogen-bond donors (Lipinski definition) is 0. The standard InChI is InChI=1S/C17H19NO2/c1-14-7-6-10-17(11-14)12-18(15(2)19)20-13-16-8-4-3-5-9-16/h3-11H,12-13H2,1-2H3. The smallest absolute Gasteiger partial charge is 0.243 e. The third-order valence-corrected chi connectivity index (χ3v) is 2.99. The van der Waals surface area contributed by atoms with Crippen LogP contribution in [0.2, 0.25) is 0 Å². The number of carbonyl (C=O) groups is 1. The van der Waals surface area contributed by atoms with Crippen LogP contribution >= 0.6 is 0 Å². The van der Waals surface area contributed by atoms with E-state index in [-0.39, 0.29) is 5.91 Å². The minimum Gasteiger partial charge on any atom is -0.273 e. The number of amides is 1. The van der Waals surface area contributed by atoms with Crippen LogP contribution in [-0.4, -0.2) is 11.0 Å². The maximum Gasteiger partial charge on any atom is 0.243 e. The van der Waals surface area contributed by atoms with Gasteiger partial charge in [-0.3, -0.25) is 9.63 Å². The summed E-state index contributed by atoms with van der Waals surface area (Å²) in [6.45, 7) is 4.41. The zero-order chi connectivity index (χ0) is 14.4. The molecule has 3 nitrogen and oxygen atoms in total. The maximum absolute atomic E-state index is 11.7. The average molecular weight is 269 g/mol. The minimum absolute atomic E-state index is 0.0950. The summed E-state index contributed by atoms with van der Waals surface area (Å²) in [7, 11) is 0. The molecule has 104 valence electrons. The second kappa shape index (κ2) is 6.87. The Morgan fingerprint density at radius 3 is 2.40 bits per heavy atom. The third kappa shape index (κ3) is 4.21. The highest BCUT2D eigenvalue weighted by Crippen LogP contribution is 2.10. The van der Waals surface area contributed by atoms with Crippen molar-refractivity contribution in [1.29, 1.82) is 0 Å². The largest absolute Gasteiger partial charge is 0.273 e. The number of aryl methyl sites for hydroxylation is 1. The van der Waals surface area contributed by atoms with Crippen LogP contribution in [-0.2, 0) is 22.8 Å². The quantitative estimate of drug-likeness (QED) is 0.778. The molecule has 0 saturated carbocycles. The van der Waals surface area contributed by atoms with E-state index in [4.69, 9.17) is 4.84 Å². The second-order valence-electron chi connectivity index (χ2n) is 4.80. The van der Waals surface area contributed by atoms with Gasteiger partial charge in [-0.25, -0.2) is 5.06 Å². The molecule has 0 heterocycles. The van der Waals surface area contributed by atoms with Crippen LogP contribution in [0.25, 0.3) is 0 Å². The molecule has 3 heteroatoms. The lowest BCUT2D eigenvalue weighted by molar-refractivity contribution is -0.193. The first-order valence-corrected chi connectivity index (χ1v) is 6.65. The molecule has 0 spiro atoms. The minimum atomic E-state index is -0.0950. The molecule has 0 aliphatic carbocycles. The summed E-state index contributed by atoms with van der Waals surface area (Å²) >= 11 is 0. The van der Waals surface area contributed by atoms with Gasteiger partial charge in [0.15, 0.2) is 0 Å². The molecular formula is C17H19NO2. The van der Waals surface area contributed by atoms with Crippen molar-refractivity contribution in [2.24, 2.45) is 0 Å². The van der Waals surface area contributed by atoms with Crippen LogP contribution in [0.4, 0.5) is 0 Å². The molecule has 0 aliphatic rings. The summed E-state index contributed by atoms with van der Waals surface area (Å²) in [5, 5.41) is 1.40. The van der Waals surface area contributed by atoms with E-state index < -0.39 is 0 Å². The van der Waals surface area contributed by atoms with Gasteiger partial charge in [0.05, 0.1) is 6.54 Å². The van der Waals surface area contributed by atoms with Crippen LogP contribution in [0.5, 0.6) is 0 Å². The summed E-state index contributed by atoms with van der Waals surface area (Å²) in [6, 6.07) is 17.9. The highest BCUT2D eigenvalue weighted by atomic mass is 16.7. The fraction of sp³-hybridized carbons (Fsp3) is 0.235. The molecule has 0 aliphatic heterocycles. The molecule has 2 rings (SSSR count). The van der Waals surface area contributed by atoms with E-state index >= 15 is 0 Å². The lowest BCUT2D eigenvalue weighted by Gasteiger charge is -2.20. The lowest BCUT2D eigenvalue weighted by Crippen LogP contribution is -2.28. The maximum atomic E-state index is 11.7. The van der Waals surface area contributed by atoms with E-state index in [0.29, 0.717) is 13.2 Å². The molecule has 2 aromatic carbocycles. The molecular weight excluding hydrogens is 250 g/mol. The highest BCUT2D eigenvalue weighted by molar-refractivity contribution is 5.72. The lowest BCUT2D eigenvalue weighted by atomic mass is 10.1. The van der Waals surface area contributed by atoms with Gasteiger partial charge in [-0.05, 0) is 18.1 Å². The Balaban J connectivity index is 1.99. The normalized spacial score (nSPS) is 10.3. The predicted molar refractivity (Wildman–Crippen MR) is 78.6 cm³/mol. The van der Waals surface area contributed by atoms with Crippen molar-refractivity contribution in [3.05, 3.63) is 71.3 Å². The molecule has 0 atom stereocenters. The van der Waals surface area contributed by atoms with Crippen LogP contribution in [0.1, 0.15) is 23.6 Å². The van der Waals surface area contributed by atoms with E-state index in [1.165, 1.54) is 17.6 Å². The van der Waals surface area contributed by atoms with Gasteiger partial charge < -0.3 is 0 Å². The van der Waals surface area contributed by atoms with Crippen LogP contribution in [0.3, 0.4) is 0 Å². The van der Waals surface area contributed by atoms with Crippen molar-refractivity contribution in [1.82, 2.24) is 5.06 Å². The Labute approximate surface area is 119 Å². The topological polar surface area (TPSA) is 29.5 Å². The predicted octanol–water partition coefficient (Wildman–Crippen LogP) is 3.48. The summed E-state index contributed by atoms with van der Waals surface area (Å²) in [4.78, 5) is 17.3. The Bertz CT molecular complexity index is 566. The second-order valence-corrected chi connectivity index (χ2v) is 4.80. The van der Waals surface area contributed by atoms with E-state index in [0.717, 1.165) is 11.1 Å². The first kappa shape index (κ1) is 14.3. The molecule has 0 unspecified atom stereocenters. The van der Waals surface area contributed by atoms with Gasteiger partial charge >= 0.3 is 0 Å². The van der Waals surface area contributed by atoms with Gasteiger partial charge in [-0.15, -0.1) is 0 Å². The van der Waals surface area contributed by atoms with Crippen molar-refractivity contribution in [2.45, 2.75) is 27.0 Å². The molecule has 20 heavy (non-hydrogen) atoms. The van der Waals surface area contributed by atoms with E-state index in [2.05, 4.69) is 6.07 Å². The number of hydroxylamine groups is 2. The van der Waals surface area contributed by atoms with Crippen molar-refractivity contribution < 1.29 is 9.63 Å². The Morgan fingerprint density at radius 1 is 1.05 bits per heavy atom. The summed E-state index contributed by atoms with van der Waals surface area (Å²) in [5.74, 6) is -0.0950. The SMILES string of the molecule is CC(=O)N(Cc1cccc(C)c1)OCc1ccccc1. The van der Waals surface area contributed by atoms with Crippen molar-refractivity contribution in [2.75, 3.05) is 0 Å². The van der Waals surface area contributed by atoms with Gasteiger partial charge in [0.1, 0.15) is 6.61 Å². The fourth-order valence-corrected chi connectivity index (χ4v) is 1.95. The van der Waals surface area contributed by atoms with Crippen LogP contribution in [0.15, 0.2) is 54.6 Å². The Morgan fingerprint density at radius 2 is 1.75 bits per heavy atom. The zero-order valence-electron chi connectivity index (χ0n) is 11.9. The van der Waals surface area contributed by atoms with Crippen LogP contribution in [0, 0.1) is 6.92 Å². The molecule has 2 aromatic rings. The van der Waals surface area contributed by atoms with E-state index in [1.54, 1.807) is 0 Å². The van der Waals surface area contributed by atoms with Gasteiger partial charge in [-0.2, -0.15) is 0 Å². The number of rotatable bonds is 5. The number of carbonyl (C=O) groups excluding carboxylic acids is 1. The van der Waals surface area contributed by atoms with Crippen molar-refractivity contribution in [3.8, 4) is 0 Å². The van der Waals surface area contributed by atoms with Crippen LogP contribution < -0.4 is 0 Å². The van der Waals surface area contributed by atoms with Gasteiger partial charge in [0.2, 0.25) is 5.91 Å². The molecule has 0 saturated heterocycles. The van der Waals surface area contributed by atoms with Gasteiger partial charge in [0, 0.05) is 6.92 Å². The van der Waals surface area contributed by atoms with Gasteiger partial charge in [0.25, 0.3) is 0 Å². The summed E-state index contributed by atoms with van der Waals surface area (Å²) in [6.07, 6.45) is 0. The van der Waals surface area contributed by atoms with Gasteiger partial charge in [-0.1, -0.05) is 60.2 Å². The molecule has 0 aromatic heterocycles. The molecule has 1 amide bonds. The third-order valence-electron chi connectivity index (χ3n) is 2.99. The average Bonchev–Trinajstić information content (AvgIpc) is 2.44. The highest BCUT2D eigenvalue weighted by Gasteiger charge is 2.10. The summed E-state index contributed by atoms with van der Waals surface area (Å²) < 4.78 is 0. The molecule has 0 fully saturated rings. The van der Waals surface area contributed by atoms with E-state index in [1.807, 2.05) is 55.5 Å². The van der Waals surface area contributed by atoms with E-state index in [9.17, 15) is 4.79 Å². The van der Waals surface area contributed by atoms with Crippen molar-refractivity contribution in [3.63, 3.8) is 0 Å². The Hall–Kier alpha value is -2.13. The Kier molecular flexibility index (Phi) is 4.91. The number of nitrogens with zero attached hydrogens (tertiary/aromatic N) is 1. The summed E-state index contributed by atoms with van der Waals surface area (Å²) in [5.41, 5.74) is 3.28. The first-order valence-electron chi connectivity index (χ1n) is 6.65. The first-order chi connectivity index (χ1) is 9.65. The zero-order valence-corrected chi connectivity index (χ0v) is 11.9. The molecule has 0 bridgehead atoms. The molecule has 0 radical (unpaired) electrons. The number of benzene rings is 2. The fourth-order valence-electron chi connectivity index (χ4n) is 1.95. The van der Waals surface area contributed by atoms with Crippen molar-refractivity contribution >= 4 is 5.91 Å². The molecule has 0 N–H and O–H groups in total. The number of hydrogen-bond acceptors (Lipinski definition) is 2. The monoisotopic (exact) mass is 269 g/mol.